The van der Waals surface area contributed by atoms with Gasteiger partial charge in [-0.05, 0) is 25.7 Å². The maximum absolute atomic E-state index is 11.8. The van der Waals surface area contributed by atoms with Crippen LogP contribution in [0, 0.1) is 5.92 Å². The number of carbonyl (C=O) groups excluding carboxylic acids is 2. The first-order valence-electron chi connectivity index (χ1n) is 5.90. The van der Waals surface area contributed by atoms with Gasteiger partial charge in [0.2, 0.25) is 11.8 Å². The van der Waals surface area contributed by atoms with Crippen LogP contribution in [0.3, 0.4) is 0 Å². The van der Waals surface area contributed by atoms with Crippen LogP contribution in [0.25, 0.3) is 0 Å². The minimum atomic E-state index is -0.209. The molecule has 1 atom stereocenters. The Kier molecular flexibility index (Phi) is 3.43. The van der Waals surface area contributed by atoms with Crippen molar-refractivity contribution in [1.82, 2.24) is 10.6 Å². The quantitative estimate of drug-likeness (QED) is 0.596. The van der Waals surface area contributed by atoms with E-state index in [-0.39, 0.29) is 29.9 Å². The topological polar surface area (TPSA) is 78.4 Å². The van der Waals surface area contributed by atoms with Gasteiger partial charge < -0.3 is 15.7 Å². The molecule has 2 amide bonds. The standard InChI is InChI=1S/C11H18N2O3/c14-9-3-1-8(2-4-9)13-11(16)7-5-10(15)12-6-7/h7-9,14H,1-6H2,(H,12,15)(H,13,16). The molecule has 2 rings (SSSR count). The maximum atomic E-state index is 11.8. The summed E-state index contributed by atoms with van der Waals surface area (Å²) >= 11 is 0. The molecule has 0 aromatic carbocycles. The molecule has 0 spiro atoms. The summed E-state index contributed by atoms with van der Waals surface area (Å²) in [5, 5.41) is 15.0. The Hall–Kier alpha value is -1.10. The van der Waals surface area contributed by atoms with Gasteiger partial charge in [0.05, 0.1) is 12.0 Å². The van der Waals surface area contributed by atoms with E-state index in [1.807, 2.05) is 0 Å². The fourth-order valence-electron chi connectivity index (χ4n) is 2.33. The Morgan fingerprint density at radius 1 is 1.31 bits per heavy atom. The van der Waals surface area contributed by atoms with Crippen LogP contribution in [0.1, 0.15) is 32.1 Å². The van der Waals surface area contributed by atoms with Gasteiger partial charge >= 0.3 is 0 Å². The van der Waals surface area contributed by atoms with E-state index >= 15 is 0 Å². The lowest BCUT2D eigenvalue weighted by molar-refractivity contribution is -0.127. The van der Waals surface area contributed by atoms with Gasteiger partial charge in [-0.3, -0.25) is 9.59 Å². The molecule has 2 fully saturated rings. The van der Waals surface area contributed by atoms with E-state index in [9.17, 15) is 14.7 Å². The first kappa shape index (κ1) is 11.4. The summed E-state index contributed by atoms with van der Waals surface area (Å²) in [4.78, 5) is 22.7. The monoisotopic (exact) mass is 226 g/mol. The van der Waals surface area contributed by atoms with Gasteiger partial charge in [0, 0.05) is 19.0 Å². The molecule has 3 N–H and O–H groups in total. The molecule has 1 aliphatic carbocycles. The van der Waals surface area contributed by atoms with Crippen molar-refractivity contribution in [1.29, 1.82) is 0 Å². The second kappa shape index (κ2) is 4.82. The molecule has 0 radical (unpaired) electrons. The Balaban J connectivity index is 1.77. The number of hydrogen-bond donors (Lipinski definition) is 3. The van der Waals surface area contributed by atoms with Gasteiger partial charge in [-0.15, -0.1) is 0 Å². The summed E-state index contributed by atoms with van der Waals surface area (Å²) in [7, 11) is 0. The number of hydrogen-bond acceptors (Lipinski definition) is 3. The molecular formula is C11H18N2O3. The van der Waals surface area contributed by atoms with Crippen molar-refractivity contribution in [2.24, 2.45) is 5.92 Å². The third-order valence-corrected chi connectivity index (χ3v) is 3.39. The van der Waals surface area contributed by atoms with Crippen molar-refractivity contribution in [3.8, 4) is 0 Å². The zero-order valence-electron chi connectivity index (χ0n) is 9.24. The van der Waals surface area contributed by atoms with Crippen LogP contribution < -0.4 is 10.6 Å². The van der Waals surface area contributed by atoms with Crippen molar-refractivity contribution in [3.63, 3.8) is 0 Å². The zero-order valence-corrected chi connectivity index (χ0v) is 9.24. The van der Waals surface area contributed by atoms with Crippen molar-refractivity contribution >= 4 is 11.8 Å². The number of rotatable bonds is 2. The molecule has 1 aliphatic heterocycles. The lowest BCUT2D eigenvalue weighted by Crippen LogP contribution is -2.42. The highest BCUT2D eigenvalue weighted by atomic mass is 16.3. The summed E-state index contributed by atoms with van der Waals surface area (Å²) in [6, 6.07) is 0.173. The average Bonchev–Trinajstić information content (AvgIpc) is 2.68. The summed E-state index contributed by atoms with van der Waals surface area (Å²) in [5.74, 6) is -0.279. The number of aliphatic hydroxyl groups is 1. The van der Waals surface area contributed by atoms with Crippen LogP contribution in [-0.4, -0.2) is 35.6 Å². The Bertz CT molecular complexity index is 285. The van der Waals surface area contributed by atoms with Gasteiger partial charge in [0.15, 0.2) is 0 Å². The molecule has 1 saturated carbocycles. The third kappa shape index (κ3) is 2.72. The first-order valence-corrected chi connectivity index (χ1v) is 5.90. The molecule has 0 bridgehead atoms. The number of nitrogens with one attached hydrogen (secondary N) is 2. The fourth-order valence-corrected chi connectivity index (χ4v) is 2.33. The highest BCUT2D eigenvalue weighted by Crippen LogP contribution is 2.19. The average molecular weight is 226 g/mol. The second-order valence-electron chi connectivity index (χ2n) is 4.72. The summed E-state index contributed by atoms with van der Waals surface area (Å²) in [6.07, 6.45) is 3.28. The highest BCUT2D eigenvalue weighted by molar-refractivity contribution is 5.89. The third-order valence-electron chi connectivity index (χ3n) is 3.39. The summed E-state index contributed by atoms with van der Waals surface area (Å²) < 4.78 is 0. The molecule has 1 heterocycles. The largest absolute Gasteiger partial charge is 0.393 e. The normalized spacial score (nSPS) is 34.6. The van der Waals surface area contributed by atoms with Gasteiger partial charge in [-0.25, -0.2) is 0 Å². The molecule has 16 heavy (non-hydrogen) atoms. The van der Waals surface area contributed by atoms with E-state index in [0.717, 1.165) is 25.7 Å². The molecule has 1 unspecified atom stereocenters. The SMILES string of the molecule is O=C1CC(C(=O)NC2CCC(O)CC2)CN1. The minimum Gasteiger partial charge on any atom is -0.393 e. The van der Waals surface area contributed by atoms with Crippen LogP contribution in [0.15, 0.2) is 0 Å². The van der Waals surface area contributed by atoms with E-state index in [1.165, 1.54) is 0 Å². The molecule has 90 valence electrons. The van der Waals surface area contributed by atoms with E-state index in [1.54, 1.807) is 0 Å². The lowest BCUT2D eigenvalue weighted by Gasteiger charge is -2.27. The number of aliphatic hydroxyl groups excluding tert-OH is 1. The maximum Gasteiger partial charge on any atom is 0.225 e. The molecule has 5 heteroatoms. The fraction of sp³-hybridized carbons (Fsp3) is 0.818. The predicted molar refractivity (Wildman–Crippen MR) is 57.5 cm³/mol. The smallest absolute Gasteiger partial charge is 0.225 e. The van der Waals surface area contributed by atoms with Crippen molar-refractivity contribution in [3.05, 3.63) is 0 Å². The van der Waals surface area contributed by atoms with Gasteiger partial charge in [-0.1, -0.05) is 0 Å². The van der Waals surface area contributed by atoms with Crippen molar-refractivity contribution in [2.45, 2.75) is 44.2 Å². The van der Waals surface area contributed by atoms with Crippen molar-refractivity contribution < 1.29 is 14.7 Å². The van der Waals surface area contributed by atoms with Crippen LogP contribution in [0.5, 0.6) is 0 Å². The molecular weight excluding hydrogens is 208 g/mol. The Morgan fingerprint density at radius 3 is 2.56 bits per heavy atom. The molecule has 0 aromatic rings. The molecule has 2 aliphatic rings. The van der Waals surface area contributed by atoms with E-state index in [2.05, 4.69) is 10.6 Å². The lowest BCUT2D eigenvalue weighted by atomic mass is 9.92. The molecule has 5 nitrogen and oxygen atoms in total. The number of carbonyl (C=O) groups is 2. The predicted octanol–water partition coefficient (Wildman–Crippen LogP) is -0.458. The summed E-state index contributed by atoms with van der Waals surface area (Å²) in [5.41, 5.74) is 0. The van der Waals surface area contributed by atoms with Gasteiger partial charge in [0.1, 0.15) is 0 Å². The van der Waals surface area contributed by atoms with Crippen LogP contribution >= 0.6 is 0 Å². The molecule has 0 aromatic heterocycles. The van der Waals surface area contributed by atoms with E-state index in [4.69, 9.17) is 0 Å². The van der Waals surface area contributed by atoms with Gasteiger partial charge in [-0.2, -0.15) is 0 Å². The Morgan fingerprint density at radius 2 is 2.00 bits per heavy atom. The first-order chi connectivity index (χ1) is 7.65. The molecule has 1 saturated heterocycles. The van der Waals surface area contributed by atoms with E-state index in [0.29, 0.717) is 13.0 Å². The van der Waals surface area contributed by atoms with Crippen LogP contribution in [0.4, 0.5) is 0 Å². The van der Waals surface area contributed by atoms with Crippen LogP contribution in [0.2, 0.25) is 0 Å². The number of amides is 2. The highest BCUT2D eigenvalue weighted by Gasteiger charge is 2.30. The van der Waals surface area contributed by atoms with Crippen LogP contribution in [-0.2, 0) is 9.59 Å². The minimum absolute atomic E-state index is 0.0280. The van der Waals surface area contributed by atoms with Gasteiger partial charge in [0.25, 0.3) is 0 Å². The zero-order chi connectivity index (χ0) is 11.5. The Labute approximate surface area is 94.6 Å². The van der Waals surface area contributed by atoms with E-state index < -0.39 is 0 Å². The van der Waals surface area contributed by atoms with Crippen molar-refractivity contribution in [2.75, 3.05) is 6.54 Å². The second-order valence-corrected chi connectivity index (χ2v) is 4.72. The summed E-state index contributed by atoms with van der Waals surface area (Å²) in [6.45, 7) is 0.458.